The van der Waals surface area contributed by atoms with E-state index in [0.717, 1.165) is 16.3 Å². The average molecular weight is 394 g/mol. The second-order valence-corrected chi connectivity index (χ2v) is 8.84. The van der Waals surface area contributed by atoms with E-state index in [-0.39, 0.29) is 24.9 Å². The van der Waals surface area contributed by atoms with E-state index >= 15 is 0 Å². The Labute approximate surface area is 165 Å². The van der Waals surface area contributed by atoms with E-state index in [9.17, 15) is 13.2 Å². The van der Waals surface area contributed by atoms with Crippen LogP contribution in [0.2, 0.25) is 0 Å². The fourth-order valence-electron chi connectivity index (χ4n) is 3.72. The summed E-state index contributed by atoms with van der Waals surface area (Å²) in [5, 5.41) is 4.66. The van der Waals surface area contributed by atoms with E-state index in [2.05, 4.69) is 5.32 Å². The zero-order valence-corrected chi connectivity index (χ0v) is 16.4. The quantitative estimate of drug-likeness (QED) is 0.687. The number of anilines is 1. The van der Waals surface area contributed by atoms with Crippen LogP contribution >= 0.6 is 0 Å². The monoisotopic (exact) mass is 394 g/mol. The van der Waals surface area contributed by atoms with Gasteiger partial charge in [-0.1, -0.05) is 54.6 Å². The van der Waals surface area contributed by atoms with Gasteiger partial charge in [-0.3, -0.25) is 9.10 Å². The first-order chi connectivity index (χ1) is 13.5. The summed E-state index contributed by atoms with van der Waals surface area (Å²) in [7, 11) is -3.56. The molecule has 0 unspecified atom stereocenters. The summed E-state index contributed by atoms with van der Waals surface area (Å²) in [5.41, 5.74) is 1.74. The zero-order chi connectivity index (χ0) is 19.7. The van der Waals surface area contributed by atoms with Gasteiger partial charge in [0.2, 0.25) is 5.91 Å². The second-order valence-electron chi connectivity index (χ2n) is 7.01. The van der Waals surface area contributed by atoms with E-state index in [1.54, 1.807) is 12.1 Å². The van der Waals surface area contributed by atoms with Crippen molar-refractivity contribution in [2.24, 2.45) is 0 Å². The zero-order valence-electron chi connectivity index (χ0n) is 15.6. The summed E-state index contributed by atoms with van der Waals surface area (Å²) in [6.07, 6.45) is 0.729. The molecule has 5 nitrogen and oxygen atoms in total. The molecule has 0 spiro atoms. The van der Waals surface area contributed by atoms with Gasteiger partial charge in [-0.05, 0) is 36.4 Å². The molecule has 6 heteroatoms. The summed E-state index contributed by atoms with van der Waals surface area (Å²) >= 11 is 0. The second kappa shape index (κ2) is 7.28. The minimum absolute atomic E-state index is 0.0799. The van der Waals surface area contributed by atoms with E-state index in [0.29, 0.717) is 17.0 Å². The van der Waals surface area contributed by atoms with Crippen molar-refractivity contribution in [2.45, 2.75) is 30.7 Å². The van der Waals surface area contributed by atoms with Crippen LogP contribution in [0.4, 0.5) is 5.69 Å². The Bertz CT molecular complexity index is 1120. The number of carbonyl (C=O) groups excluding carboxylic acids is 1. The Morgan fingerprint density at radius 1 is 1.00 bits per heavy atom. The number of hydrogen-bond donors (Lipinski definition) is 1. The molecule has 1 amide bonds. The number of rotatable bonds is 6. The van der Waals surface area contributed by atoms with Gasteiger partial charge in [0.05, 0.1) is 16.6 Å². The lowest BCUT2D eigenvalue weighted by molar-refractivity contribution is -0.121. The molecule has 4 rings (SSSR count). The highest BCUT2D eigenvalue weighted by atomic mass is 32.2. The summed E-state index contributed by atoms with van der Waals surface area (Å²) in [6.45, 7) is 2.22. The van der Waals surface area contributed by atoms with E-state index in [4.69, 9.17) is 0 Å². The van der Waals surface area contributed by atoms with Crippen LogP contribution in [0.15, 0.2) is 71.6 Å². The fraction of sp³-hybridized carbons (Fsp3) is 0.227. The maximum Gasteiger partial charge on any atom is 0.265 e. The lowest BCUT2D eigenvalue weighted by Crippen LogP contribution is -2.30. The molecule has 0 radical (unpaired) electrons. The third-order valence-electron chi connectivity index (χ3n) is 5.12. The molecule has 1 N–H and O–H groups in total. The lowest BCUT2D eigenvalue weighted by Gasteiger charge is -2.19. The SMILES string of the molecule is C[C@@H](NC(=O)CCCN1c2cccc3cccc(c23)S1(=O)=O)c1ccccc1. The maximum absolute atomic E-state index is 12.9. The average Bonchev–Trinajstić information content (AvgIpc) is 2.92. The number of sulfonamides is 1. The lowest BCUT2D eigenvalue weighted by atomic mass is 10.1. The minimum Gasteiger partial charge on any atom is -0.350 e. The highest BCUT2D eigenvalue weighted by molar-refractivity contribution is 7.93. The van der Waals surface area contributed by atoms with Gasteiger partial charge in [0.15, 0.2) is 0 Å². The van der Waals surface area contributed by atoms with Crippen molar-refractivity contribution in [1.82, 2.24) is 5.32 Å². The summed E-state index contributed by atoms with van der Waals surface area (Å²) in [6, 6.07) is 20.6. The van der Waals surface area contributed by atoms with Crippen LogP contribution in [0.1, 0.15) is 31.4 Å². The van der Waals surface area contributed by atoms with Crippen molar-refractivity contribution in [3.8, 4) is 0 Å². The molecule has 1 aliphatic rings. The standard InChI is InChI=1S/C22H22N2O3S/c1-16(17-8-3-2-4-9-17)23-21(25)14-7-15-24-19-12-5-10-18-11-6-13-20(22(18)19)28(24,26)27/h2-6,8-13,16H,7,14-15H2,1H3,(H,23,25)/t16-/m1/s1. The number of carbonyl (C=O) groups is 1. The van der Waals surface area contributed by atoms with Crippen LogP contribution < -0.4 is 9.62 Å². The molecule has 0 fully saturated rings. The van der Waals surface area contributed by atoms with Gasteiger partial charge in [-0.2, -0.15) is 0 Å². The van der Waals surface area contributed by atoms with E-state index in [1.807, 2.05) is 61.5 Å². The van der Waals surface area contributed by atoms with Crippen molar-refractivity contribution in [1.29, 1.82) is 0 Å². The third-order valence-corrected chi connectivity index (χ3v) is 6.98. The molecule has 28 heavy (non-hydrogen) atoms. The molecule has 0 saturated carbocycles. The van der Waals surface area contributed by atoms with E-state index < -0.39 is 10.0 Å². The van der Waals surface area contributed by atoms with E-state index in [1.165, 1.54) is 4.31 Å². The summed E-state index contributed by atoms with van der Waals surface area (Å²) < 4.78 is 27.3. The van der Waals surface area contributed by atoms with Crippen LogP contribution in [0, 0.1) is 0 Å². The largest absolute Gasteiger partial charge is 0.350 e. The van der Waals surface area contributed by atoms with Crippen molar-refractivity contribution < 1.29 is 13.2 Å². The smallest absolute Gasteiger partial charge is 0.265 e. The number of amides is 1. The summed E-state index contributed by atoms with van der Waals surface area (Å²) in [5.74, 6) is -0.0799. The maximum atomic E-state index is 12.9. The molecule has 0 saturated heterocycles. The van der Waals surface area contributed by atoms with Gasteiger partial charge in [-0.15, -0.1) is 0 Å². The predicted octanol–water partition coefficient (Wildman–Crippen LogP) is 4.01. The van der Waals surface area contributed by atoms with Gasteiger partial charge < -0.3 is 5.32 Å². The highest BCUT2D eigenvalue weighted by Crippen LogP contribution is 2.41. The Kier molecular flexibility index (Phi) is 4.81. The van der Waals surface area contributed by atoms with Crippen molar-refractivity contribution in [3.63, 3.8) is 0 Å². The summed E-state index contributed by atoms with van der Waals surface area (Å²) in [4.78, 5) is 12.6. The molecule has 1 heterocycles. The first kappa shape index (κ1) is 18.5. The van der Waals surface area contributed by atoms with Crippen LogP contribution in [-0.2, 0) is 14.8 Å². The molecule has 3 aromatic rings. The van der Waals surface area contributed by atoms with Crippen LogP contribution in [-0.4, -0.2) is 20.9 Å². The van der Waals surface area contributed by atoms with Gasteiger partial charge >= 0.3 is 0 Å². The van der Waals surface area contributed by atoms with Gasteiger partial charge in [0.1, 0.15) is 0 Å². The normalized spacial score (nSPS) is 15.5. The first-order valence-electron chi connectivity index (χ1n) is 9.37. The Balaban J connectivity index is 1.42. The Hall–Kier alpha value is -2.86. The van der Waals surface area contributed by atoms with Crippen LogP contribution in [0.5, 0.6) is 0 Å². The Morgan fingerprint density at radius 3 is 2.46 bits per heavy atom. The third kappa shape index (κ3) is 3.24. The molecule has 0 bridgehead atoms. The highest BCUT2D eigenvalue weighted by Gasteiger charge is 2.35. The first-order valence-corrected chi connectivity index (χ1v) is 10.8. The molecule has 1 atom stereocenters. The van der Waals surface area contributed by atoms with Gasteiger partial charge in [0.25, 0.3) is 10.0 Å². The topological polar surface area (TPSA) is 66.5 Å². The fourth-order valence-corrected chi connectivity index (χ4v) is 5.47. The van der Waals surface area contributed by atoms with Crippen molar-refractivity contribution in [2.75, 3.05) is 10.8 Å². The van der Waals surface area contributed by atoms with Crippen LogP contribution in [0.25, 0.3) is 10.8 Å². The number of benzene rings is 3. The predicted molar refractivity (Wildman–Crippen MR) is 111 cm³/mol. The number of nitrogens with one attached hydrogen (secondary N) is 1. The van der Waals surface area contributed by atoms with Crippen molar-refractivity contribution >= 4 is 32.4 Å². The molecular weight excluding hydrogens is 372 g/mol. The molecule has 3 aromatic carbocycles. The molecule has 1 aliphatic heterocycles. The van der Waals surface area contributed by atoms with Crippen LogP contribution in [0.3, 0.4) is 0 Å². The minimum atomic E-state index is -3.56. The van der Waals surface area contributed by atoms with Gasteiger partial charge in [-0.25, -0.2) is 8.42 Å². The molecular formula is C22H22N2O3S. The van der Waals surface area contributed by atoms with Crippen molar-refractivity contribution in [3.05, 3.63) is 72.3 Å². The van der Waals surface area contributed by atoms with Gasteiger partial charge in [0, 0.05) is 18.4 Å². The molecule has 144 valence electrons. The number of hydrogen-bond acceptors (Lipinski definition) is 3. The number of nitrogens with zero attached hydrogens (tertiary/aromatic N) is 1. The molecule has 0 aromatic heterocycles. The Morgan fingerprint density at radius 2 is 1.71 bits per heavy atom. The molecule has 0 aliphatic carbocycles.